The van der Waals surface area contributed by atoms with Crippen molar-refractivity contribution in [1.82, 2.24) is 9.88 Å². The van der Waals surface area contributed by atoms with Crippen LogP contribution in [0.3, 0.4) is 0 Å². The van der Waals surface area contributed by atoms with E-state index in [1.807, 2.05) is 24.3 Å². The highest BCUT2D eigenvalue weighted by Gasteiger charge is 2.59. The number of aromatic hydroxyl groups is 1. The summed E-state index contributed by atoms with van der Waals surface area (Å²) in [5.74, 6) is -3.53. The molecule has 5 rings (SSSR count). The summed E-state index contributed by atoms with van der Waals surface area (Å²) in [6.45, 7) is 4.41. The van der Waals surface area contributed by atoms with Gasteiger partial charge in [0.1, 0.15) is 0 Å². The number of phenolic OH excluding ortho intramolecular Hbond substituents is 1. The summed E-state index contributed by atoms with van der Waals surface area (Å²) in [4.78, 5) is 43.7. The van der Waals surface area contributed by atoms with Crippen LogP contribution in [0.4, 0.5) is 9.18 Å². The number of pyridine rings is 1. The van der Waals surface area contributed by atoms with Gasteiger partial charge in [0, 0.05) is 12.1 Å². The van der Waals surface area contributed by atoms with Crippen LogP contribution in [0, 0.1) is 29.5 Å². The number of nitrogens with zero attached hydrogens (tertiary/aromatic N) is 2. The highest BCUT2D eigenvalue weighted by Crippen LogP contribution is 2.51. The fourth-order valence-electron chi connectivity index (χ4n) is 6.16. The average molecular weight is 535 g/mol. The average Bonchev–Trinajstić information content (AvgIpc) is 3.46. The Morgan fingerprint density at radius 3 is 2.69 bits per heavy atom. The smallest absolute Gasteiger partial charge is 0.423 e. The molecule has 3 aliphatic rings. The van der Waals surface area contributed by atoms with Crippen LogP contribution in [0.1, 0.15) is 44.4 Å². The molecular weight excluding hydrogens is 503 g/mol. The van der Waals surface area contributed by atoms with Gasteiger partial charge in [-0.1, -0.05) is 31.6 Å². The Hall–Kier alpha value is -3.85. The van der Waals surface area contributed by atoms with Crippen LogP contribution in [-0.4, -0.2) is 52.7 Å². The van der Waals surface area contributed by atoms with E-state index in [4.69, 9.17) is 9.47 Å². The third-order valence-corrected chi connectivity index (χ3v) is 7.98. The van der Waals surface area contributed by atoms with Crippen molar-refractivity contribution in [2.24, 2.45) is 23.7 Å². The summed E-state index contributed by atoms with van der Waals surface area (Å²) in [7, 11) is 1.15. The molecule has 8 nitrogen and oxygen atoms in total. The molecule has 2 aliphatic heterocycles. The molecule has 0 unspecified atom stereocenters. The Morgan fingerprint density at radius 1 is 1.23 bits per heavy atom. The van der Waals surface area contributed by atoms with Crippen molar-refractivity contribution in [2.45, 2.75) is 39.2 Å². The number of amides is 3. The second-order valence-corrected chi connectivity index (χ2v) is 10.5. The van der Waals surface area contributed by atoms with E-state index in [1.165, 1.54) is 12.1 Å². The molecule has 1 N–H and O–H groups in total. The molecule has 1 aromatic heterocycles. The minimum Gasteiger partial charge on any atom is -0.505 e. The Labute approximate surface area is 226 Å². The number of fused-ring (bicyclic) bond motifs is 3. The fraction of sp³-hybridized carbons (Fsp3) is 0.400. The summed E-state index contributed by atoms with van der Waals surface area (Å²) in [6, 6.07) is 9.82. The summed E-state index contributed by atoms with van der Waals surface area (Å²) >= 11 is 0. The molecule has 3 amide bonds. The third kappa shape index (κ3) is 4.87. The van der Waals surface area contributed by atoms with Crippen molar-refractivity contribution < 1.29 is 33.4 Å². The monoisotopic (exact) mass is 534 g/mol. The standard InChI is InChI=1S/C30H31FN2O6/c1-16(2)19-14-20-27(29(36)33(28(20)35)30(37)38-3)21-15-39-25(26(19)21)10-8-18(23-6-4-5-11-32-23)12-17-7-9-24(34)22(31)13-17/h4-7,9,11-13,16,20-21,25,27,34H,8,10,14-15H2,1-3H3/b18-12-/t20-,21+,25-,27-/m1/s1. The van der Waals surface area contributed by atoms with Gasteiger partial charge in [0.15, 0.2) is 11.6 Å². The first-order valence-electron chi connectivity index (χ1n) is 13.1. The van der Waals surface area contributed by atoms with Crippen LogP contribution in [0.15, 0.2) is 53.7 Å². The minimum atomic E-state index is -0.946. The van der Waals surface area contributed by atoms with E-state index in [1.54, 1.807) is 12.3 Å². The summed E-state index contributed by atoms with van der Waals surface area (Å²) in [5, 5.41) is 9.58. The van der Waals surface area contributed by atoms with Gasteiger partial charge in [-0.05, 0) is 72.2 Å². The topological polar surface area (TPSA) is 106 Å². The van der Waals surface area contributed by atoms with Gasteiger partial charge in [0.2, 0.25) is 11.8 Å². The van der Waals surface area contributed by atoms with Crippen LogP contribution < -0.4 is 0 Å². The number of hydrogen-bond donors (Lipinski definition) is 1. The van der Waals surface area contributed by atoms with Crippen LogP contribution in [0.5, 0.6) is 5.75 Å². The molecule has 2 fully saturated rings. The van der Waals surface area contributed by atoms with Crippen molar-refractivity contribution in [3.8, 4) is 5.75 Å². The molecular formula is C30H31FN2O6. The number of allylic oxidation sites excluding steroid dienone is 2. The number of carbonyl (C=O) groups is 3. The molecule has 9 heteroatoms. The molecule has 1 aromatic carbocycles. The highest BCUT2D eigenvalue weighted by molar-refractivity contribution is 6.16. The summed E-state index contributed by atoms with van der Waals surface area (Å²) < 4.78 is 25.0. The first kappa shape index (κ1) is 26.7. The van der Waals surface area contributed by atoms with Gasteiger partial charge in [-0.15, -0.1) is 0 Å². The van der Waals surface area contributed by atoms with Gasteiger partial charge >= 0.3 is 6.09 Å². The van der Waals surface area contributed by atoms with Crippen molar-refractivity contribution in [1.29, 1.82) is 0 Å². The SMILES string of the molecule is COC(=O)N1C(=O)[C@@H]2[C@@H](CC(C(C)C)=C3[C@@H](CC/C(=C/c4ccc(O)c(F)c4)c4ccccn4)OC[C@@H]32)C1=O. The maximum absolute atomic E-state index is 14.0. The van der Waals surface area contributed by atoms with Crippen LogP contribution in [-0.2, 0) is 19.1 Å². The molecule has 204 valence electrons. The van der Waals surface area contributed by atoms with Crippen molar-refractivity contribution in [3.05, 3.63) is 70.8 Å². The maximum Gasteiger partial charge on any atom is 0.423 e. The molecule has 39 heavy (non-hydrogen) atoms. The fourth-order valence-corrected chi connectivity index (χ4v) is 6.16. The van der Waals surface area contributed by atoms with Gasteiger partial charge < -0.3 is 14.6 Å². The van der Waals surface area contributed by atoms with Crippen LogP contribution >= 0.6 is 0 Å². The number of ether oxygens (including phenoxy) is 2. The molecule has 2 saturated heterocycles. The van der Waals surface area contributed by atoms with E-state index < -0.39 is 41.3 Å². The van der Waals surface area contributed by atoms with Crippen LogP contribution in [0.2, 0.25) is 0 Å². The third-order valence-electron chi connectivity index (χ3n) is 7.98. The number of carbonyl (C=O) groups excluding carboxylic acids is 3. The number of aromatic nitrogens is 1. The zero-order valence-electron chi connectivity index (χ0n) is 22.1. The van der Waals surface area contributed by atoms with E-state index in [-0.39, 0.29) is 24.5 Å². The Kier molecular flexibility index (Phi) is 7.36. The molecule has 0 radical (unpaired) electrons. The Bertz CT molecular complexity index is 1370. The van der Waals surface area contributed by atoms with Crippen LogP contribution in [0.25, 0.3) is 11.6 Å². The predicted octanol–water partition coefficient (Wildman–Crippen LogP) is 4.99. The normalized spacial score (nSPS) is 24.8. The summed E-state index contributed by atoms with van der Waals surface area (Å²) in [5.41, 5.74) is 4.36. The van der Waals surface area contributed by atoms with Crippen molar-refractivity contribution in [2.75, 3.05) is 13.7 Å². The lowest BCUT2D eigenvalue weighted by molar-refractivity contribution is -0.137. The lowest BCUT2D eigenvalue weighted by Crippen LogP contribution is -2.38. The number of likely N-dealkylation sites (tertiary alicyclic amines) is 1. The Balaban J connectivity index is 1.44. The van der Waals surface area contributed by atoms with E-state index in [0.29, 0.717) is 29.7 Å². The molecule has 0 spiro atoms. The number of imide groups is 3. The van der Waals surface area contributed by atoms with Gasteiger partial charge in [-0.2, -0.15) is 4.90 Å². The van der Waals surface area contributed by atoms with Gasteiger partial charge in [0.05, 0.1) is 37.4 Å². The molecule has 0 saturated carbocycles. The molecule has 1 aliphatic carbocycles. The van der Waals surface area contributed by atoms with Crippen molar-refractivity contribution in [3.63, 3.8) is 0 Å². The van der Waals surface area contributed by atoms with E-state index in [0.717, 1.165) is 29.5 Å². The number of phenols is 1. The first-order valence-corrected chi connectivity index (χ1v) is 13.1. The zero-order valence-corrected chi connectivity index (χ0v) is 22.1. The van der Waals surface area contributed by atoms with E-state index in [9.17, 15) is 23.9 Å². The van der Waals surface area contributed by atoms with Crippen molar-refractivity contribution >= 4 is 29.6 Å². The van der Waals surface area contributed by atoms with E-state index in [2.05, 4.69) is 18.8 Å². The first-order chi connectivity index (χ1) is 18.7. The quantitative estimate of drug-likeness (QED) is 0.411. The molecule has 2 aromatic rings. The zero-order chi connectivity index (χ0) is 27.8. The predicted molar refractivity (Wildman–Crippen MR) is 140 cm³/mol. The highest BCUT2D eigenvalue weighted by atomic mass is 19.1. The number of methoxy groups -OCH3 is 1. The number of benzene rings is 1. The number of hydrogen-bond acceptors (Lipinski definition) is 7. The largest absolute Gasteiger partial charge is 0.505 e. The van der Waals surface area contributed by atoms with Gasteiger partial charge in [-0.25, -0.2) is 9.18 Å². The van der Waals surface area contributed by atoms with Gasteiger partial charge in [0.25, 0.3) is 0 Å². The Morgan fingerprint density at radius 2 is 2.03 bits per heavy atom. The molecule has 3 heterocycles. The minimum absolute atomic E-state index is 0.133. The lowest BCUT2D eigenvalue weighted by Gasteiger charge is -2.33. The molecule has 0 bridgehead atoms. The summed E-state index contributed by atoms with van der Waals surface area (Å²) in [6.07, 6.45) is 3.87. The number of halogens is 1. The number of rotatable bonds is 6. The lowest BCUT2D eigenvalue weighted by atomic mass is 9.67. The van der Waals surface area contributed by atoms with Gasteiger partial charge in [-0.3, -0.25) is 14.6 Å². The second-order valence-electron chi connectivity index (χ2n) is 10.5. The molecule has 4 atom stereocenters. The second kappa shape index (κ2) is 10.7. The van der Waals surface area contributed by atoms with E-state index >= 15 is 0 Å². The maximum atomic E-state index is 14.0.